The first-order chi connectivity index (χ1) is 40.1. The molecule has 0 fully saturated rings. The lowest BCUT2D eigenvalue weighted by atomic mass is 9.86. The number of para-hydroxylation sites is 4. The monoisotopic (exact) mass is 1090 g/mol. The zero-order valence-electron chi connectivity index (χ0n) is 50.0. The fourth-order valence-electron chi connectivity index (χ4n) is 13.2. The van der Waals surface area contributed by atoms with Crippen molar-refractivity contribution in [3.63, 3.8) is 0 Å². The number of pyridine rings is 1. The van der Waals surface area contributed by atoms with Crippen molar-refractivity contribution < 1.29 is 0 Å². The van der Waals surface area contributed by atoms with Crippen LogP contribution >= 0.6 is 0 Å². The van der Waals surface area contributed by atoms with Gasteiger partial charge in [0.2, 0.25) is 0 Å². The van der Waals surface area contributed by atoms with Crippen LogP contribution in [-0.4, -0.2) is 23.3 Å². The molecule has 0 N–H and O–H groups in total. The molecule has 7 nitrogen and oxygen atoms in total. The van der Waals surface area contributed by atoms with Crippen molar-refractivity contribution in [3.8, 4) is 46.3 Å². The van der Waals surface area contributed by atoms with Gasteiger partial charge in [0.05, 0.1) is 55.3 Å². The van der Waals surface area contributed by atoms with E-state index in [9.17, 15) is 10.5 Å². The molecule has 0 bridgehead atoms. The number of nitriles is 2. The SMILES string of the molecule is CC(C)(C)c1ccc2c(c1)c1ccccc1n2-c1nc(-n2c3ccccc3c3cc(C(C)(C)C)ccc32)c(-n2c3ccccc3c3cc(C(C)(C)C)ccc32)c(-c2cccc(C#N)c2C#N)c1-n1c2ccccc2c2cc(C(C)(C)C)ccc21. The van der Waals surface area contributed by atoms with E-state index in [4.69, 9.17) is 4.98 Å². The summed E-state index contributed by atoms with van der Waals surface area (Å²) in [5, 5.41) is 31.9. The minimum Gasteiger partial charge on any atom is -0.305 e. The molecule has 0 unspecified atom stereocenters. The van der Waals surface area contributed by atoms with Gasteiger partial charge in [-0.1, -0.05) is 192 Å². The highest BCUT2D eigenvalue weighted by molar-refractivity contribution is 6.16. The first-order valence-corrected chi connectivity index (χ1v) is 29.3. The van der Waals surface area contributed by atoms with Crippen LogP contribution in [0.5, 0.6) is 0 Å². The number of nitrogens with zero attached hydrogens (tertiary/aromatic N) is 7. The van der Waals surface area contributed by atoms with Crippen molar-refractivity contribution in [1.82, 2.24) is 23.3 Å². The fourth-order valence-corrected chi connectivity index (χ4v) is 13.2. The Bertz CT molecular complexity index is 4910. The molecule has 5 heterocycles. The Morgan fingerprint density at radius 3 is 0.917 bits per heavy atom. The van der Waals surface area contributed by atoms with E-state index in [2.05, 4.69) is 289 Å². The minimum atomic E-state index is -0.141. The molecule has 5 aromatic heterocycles. The van der Waals surface area contributed by atoms with Crippen molar-refractivity contribution in [1.29, 1.82) is 10.5 Å². The Morgan fingerprint density at radius 1 is 0.310 bits per heavy atom. The van der Waals surface area contributed by atoms with Gasteiger partial charge in [0.25, 0.3) is 0 Å². The lowest BCUT2D eigenvalue weighted by Gasteiger charge is -2.27. The van der Waals surface area contributed by atoms with Gasteiger partial charge in [-0.15, -0.1) is 0 Å². The van der Waals surface area contributed by atoms with E-state index < -0.39 is 0 Å². The molecule has 14 rings (SSSR count). The largest absolute Gasteiger partial charge is 0.305 e. The molecule has 0 saturated carbocycles. The van der Waals surface area contributed by atoms with E-state index in [0.29, 0.717) is 22.8 Å². The van der Waals surface area contributed by atoms with Gasteiger partial charge in [-0.3, -0.25) is 9.13 Å². The van der Waals surface area contributed by atoms with Crippen LogP contribution in [0.25, 0.3) is 121 Å². The minimum absolute atomic E-state index is 0.128. The first-order valence-electron chi connectivity index (χ1n) is 29.3. The van der Waals surface area contributed by atoms with Crippen LogP contribution in [0.15, 0.2) is 188 Å². The van der Waals surface area contributed by atoms with E-state index in [1.807, 2.05) is 6.07 Å². The number of hydrogen-bond donors (Lipinski definition) is 0. The van der Waals surface area contributed by atoms with E-state index in [1.165, 1.54) is 22.3 Å². The Kier molecular flexibility index (Phi) is 11.5. The Labute approximate surface area is 490 Å². The van der Waals surface area contributed by atoms with Crippen molar-refractivity contribution in [3.05, 3.63) is 221 Å². The van der Waals surface area contributed by atoms with Gasteiger partial charge in [0.1, 0.15) is 23.5 Å². The molecule has 84 heavy (non-hydrogen) atoms. The highest BCUT2D eigenvalue weighted by Crippen LogP contribution is 2.51. The van der Waals surface area contributed by atoms with Crippen LogP contribution in [-0.2, 0) is 21.7 Å². The second-order valence-electron chi connectivity index (χ2n) is 27.1. The topological polar surface area (TPSA) is 80.2 Å². The van der Waals surface area contributed by atoms with Crippen molar-refractivity contribution >= 4 is 87.2 Å². The second-order valence-corrected chi connectivity index (χ2v) is 27.1. The van der Waals surface area contributed by atoms with Crippen LogP contribution in [0, 0.1) is 22.7 Å². The summed E-state index contributed by atoms with van der Waals surface area (Å²) in [6.45, 7) is 27.3. The highest BCUT2D eigenvalue weighted by Gasteiger charge is 2.35. The van der Waals surface area contributed by atoms with Gasteiger partial charge >= 0.3 is 0 Å². The van der Waals surface area contributed by atoms with Gasteiger partial charge in [-0.25, -0.2) is 4.98 Å². The normalized spacial score (nSPS) is 12.7. The highest BCUT2D eigenvalue weighted by atomic mass is 15.2. The molecule has 0 spiro atoms. The van der Waals surface area contributed by atoms with Gasteiger partial charge in [-0.05, 0) is 123 Å². The van der Waals surface area contributed by atoms with Crippen LogP contribution in [0.2, 0.25) is 0 Å². The Balaban J connectivity index is 1.33. The summed E-state index contributed by atoms with van der Waals surface area (Å²) < 4.78 is 9.58. The van der Waals surface area contributed by atoms with E-state index in [-0.39, 0.29) is 27.2 Å². The number of rotatable bonds is 5. The average Bonchev–Trinajstić information content (AvgIpc) is 1.83. The lowest BCUT2D eigenvalue weighted by molar-refractivity contribution is 0.591. The van der Waals surface area contributed by atoms with Crippen LogP contribution in [0.4, 0.5) is 0 Å². The molecule has 0 saturated heterocycles. The summed E-state index contributed by atoms with van der Waals surface area (Å²) in [7, 11) is 0. The third-order valence-electron chi connectivity index (χ3n) is 17.7. The molecule has 0 aliphatic heterocycles. The van der Waals surface area contributed by atoms with Crippen molar-refractivity contribution in [2.24, 2.45) is 0 Å². The van der Waals surface area contributed by atoms with Gasteiger partial charge in [0.15, 0.2) is 11.6 Å². The Hall–Kier alpha value is -9.69. The van der Waals surface area contributed by atoms with Crippen LogP contribution < -0.4 is 0 Å². The third kappa shape index (κ3) is 7.86. The van der Waals surface area contributed by atoms with Gasteiger partial charge in [-0.2, -0.15) is 10.5 Å². The standard InChI is InChI=1S/C77H67N7/c1-74(2,3)47-32-36-65-56(40-47)51-23-13-17-28-61(51)81(65)70-69(55-27-21-22-46(44-78)60(55)45-79)71(82-62-29-18-14-24-52(62)57-41-48(75(4,5)6)33-37-66(57)82)73(84-64-31-20-16-26-54(64)59-43-50(77(10,11)12)35-39-68(59)84)80-72(70)83-63-30-19-15-25-53(63)58-42-49(76(7,8)9)34-38-67(58)83/h13-43H,1-12H3. The fraction of sp³-hybridized carbons (Fsp3) is 0.208. The molecule has 7 heteroatoms. The molecule has 0 amide bonds. The second kappa shape index (κ2) is 18.4. The maximum Gasteiger partial charge on any atom is 0.165 e. The summed E-state index contributed by atoms with van der Waals surface area (Å²) in [4.78, 5) is 6.47. The summed E-state index contributed by atoms with van der Waals surface area (Å²) in [6.07, 6.45) is 0. The van der Waals surface area contributed by atoms with E-state index in [0.717, 1.165) is 104 Å². The van der Waals surface area contributed by atoms with Crippen LogP contribution in [0.1, 0.15) is 116 Å². The molecular formula is C77H67N7. The smallest absolute Gasteiger partial charge is 0.165 e. The molecule has 14 aromatic rings. The number of benzene rings is 9. The number of aromatic nitrogens is 5. The first kappa shape index (κ1) is 52.4. The zero-order valence-corrected chi connectivity index (χ0v) is 50.0. The van der Waals surface area contributed by atoms with E-state index >= 15 is 0 Å². The van der Waals surface area contributed by atoms with Gasteiger partial charge in [0, 0.05) is 54.2 Å². The molecular weight excluding hydrogens is 1020 g/mol. The summed E-state index contributed by atoms with van der Waals surface area (Å²) in [6, 6.07) is 73.4. The summed E-state index contributed by atoms with van der Waals surface area (Å²) in [5.41, 5.74) is 15.8. The average molecular weight is 1090 g/mol. The molecule has 9 aromatic carbocycles. The zero-order chi connectivity index (χ0) is 58.5. The molecule has 0 radical (unpaired) electrons. The maximum absolute atomic E-state index is 11.8. The third-order valence-corrected chi connectivity index (χ3v) is 17.7. The number of fused-ring (bicyclic) bond motifs is 12. The molecule has 0 atom stereocenters. The quantitative estimate of drug-likeness (QED) is 0.172. The van der Waals surface area contributed by atoms with Crippen LogP contribution in [0.3, 0.4) is 0 Å². The number of hydrogen-bond acceptors (Lipinski definition) is 3. The Morgan fingerprint density at radius 2 is 0.607 bits per heavy atom. The van der Waals surface area contributed by atoms with E-state index in [1.54, 1.807) is 6.07 Å². The molecule has 410 valence electrons. The van der Waals surface area contributed by atoms with Gasteiger partial charge < -0.3 is 9.13 Å². The lowest BCUT2D eigenvalue weighted by Crippen LogP contribution is -2.17. The van der Waals surface area contributed by atoms with Crippen molar-refractivity contribution in [2.45, 2.75) is 105 Å². The van der Waals surface area contributed by atoms with Crippen molar-refractivity contribution in [2.75, 3.05) is 0 Å². The predicted molar refractivity (Wildman–Crippen MR) is 351 cm³/mol. The maximum atomic E-state index is 11.8. The predicted octanol–water partition coefficient (Wildman–Crippen LogP) is 20.1. The molecule has 0 aliphatic rings. The molecule has 0 aliphatic carbocycles. The summed E-state index contributed by atoms with van der Waals surface area (Å²) >= 11 is 0. The summed E-state index contributed by atoms with van der Waals surface area (Å²) in [5.74, 6) is 1.33.